The predicted molar refractivity (Wildman–Crippen MR) is 142 cm³/mol. The van der Waals surface area contributed by atoms with Crippen LogP contribution >= 0.6 is 0 Å². The van der Waals surface area contributed by atoms with E-state index in [1.807, 2.05) is 30.3 Å². The molecule has 42 heavy (non-hydrogen) atoms. The summed E-state index contributed by atoms with van der Waals surface area (Å²) in [6.45, 7) is -0.104. The van der Waals surface area contributed by atoms with Crippen LogP contribution in [0.2, 0.25) is 0 Å². The van der Waals surface area contributed by atoms with Crippen LogP contribution in [0.15, 0.2) is 91.0 Å². The zero-order chi connectivity index (χ0) is 30.2. The number of esters is 1. The maximum atomic E-state index is 13.4. The third-order valence-corrected chi connectivity index (χ3v) is 7.32. The van der Waals surface area contributed by atoms with Gasteiger partial charge in [0, 0.05) is 7.11 Å². The molecule has 0 saturated carbocycles. The van der Waals surface area contributed by atoms with Gasteiger partial charge in [0.1, 0.15) is 12.2 Å². The number of methoxy groups -OCH3 is 1. The smallest absolute Gasteiger partial charge is 0.453 e. The van der Waals surface area contributed by atoms with E-state index in [4.69, 9.17) is 23.7 Å². The van der Waals surface area contributed by atoms with Crippen molar-refractivity contribution in [2.45, 2.75) is 49.4 Å². The van der Waals surface area contributed by atoms with Crippen LogP contribution in [-0.4, -0.2) is 64.3 Å². The van der Waals surface area contributed by atoms with Gasteiger partial charge in [-0.15, -0.1) is 0 Å². The first-order valence-corrected chi connectivity index (χ1v) is 14.2. The molecule has 0 aliphatic carbocycles. The molecular formula is C29H29F3O9S. The molecule has 9 nitrogen and oxygen atoms in total. The third-order valence-electron chi connectivity index (χ3n) is 6.28. The van der Waals surface area contributed by atoms with Crippen molar-refractivity contribution < 1.29 is 54.3 Å². The number of hydrogen-bond donors (Lipinski definition) is 0. The lowest BCUT2D eigenvalue weighted by Crippen LogP contribution is -2.62. The van der Waals surface area contributed by atoms with E-state index >= 15 is 0 Å². The largest absolute Gasteiger partial charge is 0.523 e. The molecule has 0 amide bonds. The minimum absolute atomic E-state index is 0.0640. The number of ether oxygens (including phenoxy) is 5. The van der Waals surface area contributed by atoms with Crippen molar-refractivity contribution in [1.82, 2.24) is 0 Å². The lowest BCUT2D eigenvalue weighted by Gasteiger charge is -2.44. The Morgan fingerprint density at radius 1 is 0.810 bits per heavy atom. The minimum atomic E-state index is -6.17. The number of benzene rings is 3. The van der Waals surface area contributed by atoms with Crippen LogP contribution in [0.4, 0.5) is 13.2 Å². The van der Waals surface area contributed by atoms with Crippen LogP contribution in [0, 0.1) is 0 Å². The van der Waals surface area contributed by atoms with E-state index in [1.54, 1.807) is 48.5 Å². The summed E-state index contributed by atoms with van der Waals surface area (Å²) < 4.78 is 97.6. The number of carbonyl (C=O) groups is 1. The summed E-state index contributed by atoms with van der Waals surface area (Å²) in [6.07, 6.45) is -7.95. The fourth-order valence-electron chi connectivity index (χ4n) is 4.24. The number of carbonyl (C=O) groups excluding carboxylic acids is 1. The third kappa shape index (κ3) is 8.15. The second-order valence-electron chi connectivity index (χ2n) is 9.24. The molecule has 3 aromatic rings. The van der Waals surface area contributed by atoms with E-state index < -0.39 is 52.3 Å². The van der Waals surface area contributed by atoms with Gasteiger partial charge in [0.25, 0.3) is 0 Å². The van der Waals surface area contributed by atoms with Crippen LogP contribution in [-0.2, 0) is 51.2 Å². The minimum Gasteiger partial charge on any atom is -0.453 e. The van der Waals surface area contributed by atoms with Gasteiger partial charge in [0.15, 0.2) is 18.5 Å². The number of halogens is 3. The SMILES string of the molecule is CO[C@H]1O[C@H](COCc2ccccc2)[C@@H](OCc2ccccc2)[C@H](OC(=O)c2ccccc2)[C@H]1OS(=O)(=O)C(F)(F)F. The topological polar surface area (TPSA) is 107 Å². The Morgan fingerprint density at radius 3 is 1.90 bits per heavy atom. The molecule has 3 aromatic carbocycles. The van der Waals surface area contributed by atoms with E-state index in [-0.39, 0.29) is 25.4 Å². The quantitative estimate of drug-likeness (QED) is 0.165. The second-order valence-corrected chi connectivity index (χ2v) is 10.8. The molecule has 4 rings (SSSR count). The van der Waals surface area contributed by atoms with E-state index in [0.717, 1.165) is 12.7 Å². The van der Waals surface area contributed by atoms with E-state index in [2.05, 4.69) is 4.18 Å². The molecule has 1 fully saturated rings. The maximum Gasteiger partial charge on any atom is 0.523 e. The summed E-state index contributed by atoms with van der Waals surface area (Å²) in [5.41, 5.74) is -4.18. The van der Waals surface area contributed by atoms with Crippen LogP contribution in [0.5, 0.6) is 0 Å². The highest BCUT2D eigenvalue weighted by atomic mass is 32.2. The monoisotopic (exact) mass is 610 g/mol. The van der Waals surface area contributed by atoms with Gasteiger partial charge in [-0.3, -0.25) is 4.18 Å². The molecule has 1 aliphatic rings. The highest BCUT2D eigenvalue weighted by Gasteiger charge is 2.56. The molecule has 0 spiro atoms. The van der Waals surface area contributed by atoms with Gasteiger partial charge in [-0.05, 0) is 23.3 Å². The second kappa shape index (κ2) is 14.2. The average Bonchev–Trinajstić information content (AvgIpc) is 2.98. The van der Waals surface area contributed by atoms with Crippen molar-refractivity contribution in [3.05, 3.63) is 108 Å². The van der Waals surface area contributed by atoms with E-state index in [0.29, 0.717) is 5.56 Å². The summed E-state index contributed by atoms with van der Waals surface area (Å²) >= 11 is 0. The summed E-state index contributed by atoms with van der Waals surface area (Å²) in [5.74, 6) is -0.951. The van der Waals surface area contributed by atoms with Crippen molar-refractivity contribution >= 4 is 16.1 Å². The van der Waals surface area contributed by atoms with Gasteiger partial charge in [0.2, 0.25) is 0 Å². The fourth-order valence-corrected chi connectivity index (χ4v) is 4.84. The highest BCUT2D eigenvalue weighted by molar-refractivity contribution is 7.87. The molecule has 0 N–H and O–H groups in total. The van der Waals surface area contributed by atoms with Crippen molar-refractivity contribution in [2.75, 3.05) is 13.7 Å². The van der Waals surface area contributed by atoms with Gasteiger partial charge in [-0.2, -0.15) is 21.6 Å². The lowest BCUT2D eigenvalue weighted by atomic mass is 9.98. The molecule has 1 aliphatic heterocycles. The number of alkyl halides is 3. The van der Waals surface area contributed by atoms with Crippen molar-refractivity contribution in [3.63, 3.8) is 0 Å². The molecule has 0 bridgehead atoms. The Bertz CT molecular complexity index is 1370. The Morgan fingerprint density at radius 2 is 1.36 bits per heavy atom. The average molecular weight is 611 g/mol. The van der Waals surface area contributed by atoms with Crippen molar-refractivity contribution in [1.29, 1.82) is 0 Å². The first-order chi connectivity index (χ1) is 20.1. The van der Waals surface area contributed by atoms with Gasteiger partial charge in [-0.1, -0.05) is 78.9 Å². The molecule has 1 heterocycles. The van der Waals surface area contributed by atoms with E-state index in [9.17, 15) is 26.4 Å². The summed E-state index contributed by atoms with van der Waals surface area (Å²) in [7, 11) is -5.09. The normalized spacial score (nSPS) is 22.9. The van der Waals surface area contributed by atoms with Crippen LogP contribution in [0.1, 0.15) is 21.5 Å². The van der Waals surface area contributed by atoms with Gasteiger partial charge in [0.05, 0.1) is 25.4 Å². The lowest BCUT2D eigenvalue weighted by molar-refractivity contribution is -0.299. The standard InChI is InChI=1S/C29H29F3O9S/c1-36-28-26(41-42(34,35)29(30,31)32)25(40-27(33)22-15-9-4-10-16-22)24(38-18-21-13-7-3-8-14-21)23(39-28)19-37-17-20-11-5-2-6-12-20/h2-16,23-26,28H,17-19H2,1H3/t23-,24-,25+,26-,28+/m1/s1. The van der Waals surface area contributed by atoms with Crippen LogP contribution in [0.25, 0.3) is 0 Å². The molecular weight excluding hydrogens is 581 g/mol. The number of hydrogen-bond acceptors (Lipinski definition) is 9. The Hall–Kier alpha value is -3.33. The summed E-state index contributed by atoms with van der Waals surface area (Å²) in [6, 6.07) is 25.6. The van der Waals surface area contributed by atoms with Crippen LogP contribution < -0.4 is 0 Å². The Labute approximate surface area is 241 Å². The highest BCUT2D eigenvalue weighted by Crippen LogP contribution is 2.34. The van der Waals surface area contributed by atoms with Gasteiger partial charge >= 0.3 is 21.6 Å². The zero-order valence-electron chi connectivity index (χ0n) is 22.4. The molecule has 0 radical (unpaired) electrons. The van der Waals surface area contributed by atoms with Crippen molar-refractivity contribution in [2.24, 2.45) is 0 Å². The van der Waals surface area contributed by atoms with Gasteiger partial charge < -0.3 is 23.7 Å². The summed E-state index contributed by atoms with van der Waals surface area (Å²) in [5, 5.41) is 0. The molecule has 0 unspecified atom stereocenters. The predicted octanol–water partition coefficient (Wildman–Crippen LogP) is 4.62. The summed E-state index contributed by atoms with van der Waals surface area (Å²) in [4.78, 5) is 13.1. The van der Waals surface area contributed by atoms with E-state index in [1.165, 1.54) is 12.1 Å². The Balaban J connectivity index is 1.68. The maximum absolute atomic E-state index is 13.4. The Kier molecular flexibility index (Phi) is 10.7. The number of rotatable bonds is 12. The van der Waals surface area contributed by atoms with Gasteiger partial charge in [-0.25, -0.2) is 4.79 Å². The zero-order valence-corrected chi connectivity index (χ0v) is 23.2. The fraction of sp³-hybridized carbons (Fsp3) is 0.345. The van der Waals surface area contributed by atoms with Crippen LogP contribution in [0.3, 0.4) is 0 Å². The van der Waals surface area contributed by atoms with Crippen molar-refractivity contribution in [3.8, 4) is 0 Å². The molecule has 5 atom stereocenters. The molecule has 1 saturated heterocycles. The molecule has 0 aromatic heterocycles. The first kappa shape index (κ1) is 31.6. The first-order valence-electron chi connectivity index (χ1n) is 12.8. The molecule has 13 heteroatoms. The molecule has 226 valence electrons.